The van der Waals surface area contributed by atoms with Crippen LogP contribution in [0.5, 0.6) is 0 Å². The molecule has 1 aliphatic carbocycles. The molecule has 5 rings (SSSR count). The second kappa shape index (κ2) is 4.68. The Morgan fingerprint density at radius 2 is 2.09 bits per heavy atom. The van der Waals surface area contributed by atoms with Crippen molar-refractivity contribution in [2.24, 2.45) is 0 Å². The average Bonchev–Trinajstić information content (AvgIpc) is 3.33. The third kappa shape index (κ3) is 1.94. The second-order valence-electron chi connectivity index (χ2n) is 6.88. The van der Waals surface area contributed by atoms with Crippen molar-refractivity contribution in [1.82, 2.24) is 24.3 Å². The maximum atomic E-state index is 12.8. The highest BCUT2D eigenvalue weighted by Crippen LogP contribution is 2.39. The summed E-state index contributed by atoms with van der Waals surface area (Å²) in [4.78, 5) is 25.7. The predicted molar refractivity (Wildman–Crippen MR) is 86.7 cm³/mol. The number of nitrogens with zero attached hydrogens (tertiary/aromatic N) is 5. The molecule has 0 N–H and O–H groups in total. The van der Waals surface area contributed by atoms with Gasteiger partial charge in [0.2, 0.25) is 5.28 Å². The molecule has 1 amide bonds. The van der Waals surface area contributed by atoms with Gasteiger partial charge < -0.3 is 9.47 Å². The van der Waals surface area contributed by atoms with E-state index in [9.17, 15) is 4.79 Å². The zero-order chi connectivity index (χ0) is 15.7. The van der Waals surface area contributed by atoms with E-state index >= 15 is 0 Å². The van der Waals surface area contributed by atoms with Gasteiger partial charge in [-0.1, -0.05) is 0 Å². The molecule has 0 spiro atoms. The van der Waals surface area contributed by atoms with Gasteiger partial charge in [-0.2, -0.15) is 4.98 Å². The lowest BCUT2D eigenvalue weighted by Crippen LogP contribution is -2.57. The van der Waals surface area contributed by atoms with Crippen LogP contribution in [0.15, 0.2) is 12.3 Å². The number of piperidine rings is 1. The Morgan fingerprint density at radius 1 is 1.26 bits per heavy atom. The number of hydrogen-bond donors (Lipinski definition) is 0. The van der Waals surface area contributed by atoms with E-state index in [-0.39, 0.29) is 23.3 Å². The van der Waals surface area contributed by atoms with E-state index < -0.39 is 0 Å². The van der Waals surface area contributed by atoms with Gasteiger partial charge in [0.1, 0.15) is 11.3 Å². The van der Waals surface area contributed by atoms with Gasteiger partial charge >= 0.3 is 0 Å². The maximum Gasteiger partial charge on any atom is 0.270 e. The van der Waals surface area contributed by atoms with Gasteiger partial charge in [0.05, 0.1) is 12.1 Å². The highest BCUT2D eigenvalue weighted by atomic mass is 35.5. The fourth-order valence-electron chi connectivity index (χ4n) is 4.22. The lowest BCUT2D eigenvalue weighted by Gasteiger charge is -2.47. The monoisotopic (exact) mass is 331 g/mol. The number of carbonyl (C=O) groups excluding carboxylic acids is 1. The van der Waals surface area contributed by atoms with Gasteiger partial charge in [-0.15, -0.1) is 0 Å². The van der Waals surface area contributed by atoms with Crippen LogP contribution in [0.4, 0.5) is 0 Å². The molecular formula is C16H18ClN5O. The highest BCUT2D eigenvalue weighted by molar-refractivity contribution is 6.28. The molecule has 0 bridgehead atoms. The summed E-state index contributed by atoms with van der Waals surface area (Å²) in [5, 5.41) is 1.12. The van der Waals surface area contributed by atoms with E-state index in [0.29, 0.717) is 5.69 Å². The molecule has 2 aromatic heterocycles. The number of rotatable bonds is 1. The first-order valence-electron chi connectivity index (χ1n) is 8.18. The van der Waals surface area contributed by atoms with Crippen LogP contribution >= 0.6 is 11.6 Å². The van der Waals surface area contributed by atoms with Crippen LogP contribution in [-0.2, 0) is 0 Å². The number of likely N-dealkylation sites (N-methyl/N-ethyl adjacent to an activating group) is 1. The minimum Gasteiger partial charge on any atom is -0.334 e. The van der Waals surface area contributed by atoms with Gasteiger partial charge in [-0.25, -0.2) is 4.98 Å². The zero-order valence-electron chi connectivity index (χ0n) is 12.9. The molecule has 23 heavy (non-hydrogen) atoms. The van der Waals surface area contributed by atoms with Crippen LogP contribution in [0.2, 0.25) is 5.28 Å². The van der Waals surface area contributed by atoms with Gasteiger partial charge in [0.15, 0.2) is 0 Å². The smallest absolute Gasteiger partial charge is 0.270 e. The van der Waals surface area contributed by atoms with Crippen molar-refractivity contribution < 1.29 is 4.79 Å². The number of hydrogen-bond acceptors (Lipinski definition) is 4. The SMILES string of the molecule is CN1C(=O)c2cc3cnc(Cl)nc3n2C2CCN(C3CC3)CC21. The Kier molecular flexibility index (Phi) is 2.79. The van der Waals surface area contributed by atoms with Crippen molar-refractivity contribution in [2.75, 3.05) is 20.1 Å². The van der Waals surface area contributed by atoms with Crippen molar-refractivity contribution in [3.63, 3.8) is 0 Å². The summed E-state index contributed by atoms with van der Waals surface area (Å²) in [6.07, 6.45) is 5.35. The average molecular weight is 332 g/mol. The number of carbonyl (C=O) groups is 1. The fraction of sp³-hybridized carbons (Fsp3) is 0.562. The number of likely N-dealkylation sites (tertiary alicyclic amines) is 1. The first-order valence-corrected chi connectivity index (χ1v) is 8.56. The van der Waals surface area contributed by atoms with Crippen molar-refractivity contribution in [3.8, 4) is 0 Å². The predicted octanol–water partition coefficient (Wildman–Crippen LogP) is 1.95. The lowest BCUT2D eigenvalue weighted by atomic mass is 9.94. The zero-order valence-corrected chi connectivity index (χ0v) is 13.7. The summed E-state index contributed by atoms with van der Waals surface area (Å²) in [6.45, 7) is 2.04. The molecule has 2 aromatic rings. The second-order valence-corrected chi connectivity index (χ2v) is 7.22. The van der Waals surface area contributed by atoms with E-state index in [1.165, 1.54) is 12.8 Å². The Hall–Kier alpha value is -1.66. The maximum absolute atomic E-state index is 12.8. The standard InChI is InChI=1S/C16H18ClN5O/c1-20-13-8-21(10-2-3-10)5-4-11(13)22-12(15(20)23)6-9-7-18-16(17)19-14(9)22/h6-7,10-11,13H,2-5,8H2,1H3. The summed E-state index contributed by atoms with van der Waals surface area (Å²) in [6, 6.07) is 3.10. The Balaban J connectivity index is 1.64. The Morgan fingerprint density at radius 3 is 2.87 bits per heavy atom. The van der Waals surface area contributed by atoms with E-state index in [1.807, 2.05) is 18.0 Å². The number of halogens is 1. The molecule has 6 nitrogen and oxygen atoms in total. The molecule has 1 saturated heterocycles. The summed E-state index contributed by atoms with van der Waals surface area (Å²) >= 11 is 5.99. The molecule has 0 aromatic carbocycles. The summed E-state index contributed by atoms with van der Waals surface area (Å²) in [5.41, 5.74) is 1.50. The molecule has 1 saturated carbocycles. The van der Waals surface area contributed by atoms with E-state index in [4.69, 9.17) is 11.6 Å². The number of aromatic nitrogens is 3. The third-order valence-corrected chi connectivity index (χ3v) is 5.74. The van der Waals surface area contributed by atoms with E-state index in [0.717, 1.165) is 36.6 Å². The first kappa shape index (κ1) is 13.7. The molecule has 120 valence electrons. The van der Waals surface area contributed by atoms with E-state index in [1.54, 1.807) is 6.20 Å². The van der Waals surface area contributed by atoms with Crippen LogP contribution < -0.4 is 0 Å². The first-order chi connectivity index (χ1) is 11.1. The minimum atomic E-state index is 0.0676. The summed E-state index contributed by atoms with van der Waals surface area (Å²) in [7, 11) is 1.93. The van der Waals surface area contributed by atoms with Crippen molar-refractivity contribution >= 4 is 28.5 Å². The van der Waals surface area contributed by atoms with Gasteiger partial charge in [-0.3, -0.25) is 9.69 Å². The molecule has 2 atom stereocenters. The molecule has 7 heteroatoms. The normalized spacial score (nSPS) is 28.1. The molecule has 2 unspecified atom stereocenters. The van der Waals surface area contributed by atoms with Crippen LogP contribution in [-0.4, -0.2) is 62.5 Å². The van der Waals surface area contributed by atoms with Crippen molar-refractivity contribution in [1.29, 1.82) is 0 Å². The Bertz CT molecular complexity index is 814. The minimum absolute atomic E-state index is 0.0676. The van der Waals surface area contributed by atoms with Crippen molar-refractivity contribution in [2.45, 2.75) is 37.4 Å². The number of amides is 1. The van der Waals surface area contributed by atoms with E-state index in [2.05, 4.69) is 19.4 Å². The topological polar surface area (TPSA) is 54.3 Å². The van der Waals surface area contributed by atoms with Gasteiger partial charge in [0.25, 0.3) is 5.91 Å². The molecule has 4 heterocycles. The number of fused-ring (bicyclic) bond motifs is 5. The van der Waals surface area contributed by atoms with Crippen LogP contribution in [0.25, 0.3) is 11.0 Å². The van der Waals surface area contributed by atoms with Crippen LogP contribution in [0.3, 0.4) is 0 Å². The van der Waals surface area contributed by atoms with Crippen LogP contribution in [0.1, 0.15) is 35.8 Å². The molecule has 2 aliphatic heterocycles. The van der Waals surface area contributed by atoms with Gasteiger partial charge in [0, 0.05) is 37.8 Å². The molecule has 3 aliphatic rings. The quantitative estimate of drug-likeness (QED) is 0.749. The van der Waals surface area contributed by atoms with Gasteiger partial charge in [-0.05, 0) is 36.9 Å². The fourth-order valence-corrected chi connectivity index (χ4v) is 4.34. The molecule has 0 radical (unpaired) electrons. The Labute approximate surface area is 139 Å². The lowest BCUT2D eigenvalue weighted by molar-refractivity contribution is 0.0353. The molecular weight excluding hydrogens is 314 g/mol. The highest BCUT2D eigenvalue weighted by Gasteiger charge is 2.44. The molecule has 2 fully saturated rings. The summed E-state index contributed by atoms with van der Waals surface area (Å²) < 4.78 is 2.11. The van der Waals surface area contributed by atoms with Crippen LogP contribution in [0, 0.1) is 0 Å². The van der Waals surface area contributed by atoms with Crippen molar-refractivity contribution in [3.05, 3.63) is 23.2 Å². The third-order valence-electron chi connectivity index (χ3n) is 5.56. The largest absolute Gasteiger partial charge is 0.334 e. The summed E-state index contributed by atoms with van der Waals surface area (Å²) in [5.74, 6) is 0.0676.